The summed E-state index contributed by atoms with van der Waals surface area (Å²) in [7, 11) is 2.90. The SMILES string of the molecule is COC(=O)CN(C)Cc1nccn1C(F)F. The zero-order valence-electron chi connectivity index (χ0n) is 9.06. The quantitative estimate of drug-likeness (QED) is 0.708. The molecule has 0 unspecified atom stereocenters. The predicted molar refractivity (Wildman–Crippen MR) is 51.8 cm³/mol. The molecule has 0 aliphatic rings. The van der Waals surface area contributed by atoms with Crippen LogP contribution < -0.4 is 0 Å². The smallest absolute Gasteiger partial charge is 0.319 e. The van der Waals surface area contributed by atoms with Gasteiger partial charge in [-0.1, -0.05) is 0 Å². The Balaban J connectivity index is 2.59. The molecule has 0 N–H and O–H groups in total. The van der Waals surface area contributed by atoms with E-state index in [0.29, 0.717) is 0 Å². The fourth-order valence-electron chi connectivity index (χ4n) is 1.23. The molecule has 0 aliphatic heterocycles. The van der Waals surface area contributed by atoms with Crippen molar-refractivity contribution < 1.29 is 18.3 Å². The van der Waals surface area contributed by atoms with E-state index in [-0.39, 0.29) is 18.9 Å². The number of imidazole rings is 1. The number of hydrogen-bond donors (Lipinski definition) is 0. The fourth-order valence-corrected chi connectivity index (χ4v) is 1.23. The number of esters is 1. The van der Waals surface area contributed by atoms with Crippen molar-refractivity contribution in [1.82, 2.24) is 14.5 Å². The molecule has 1 heterocycles. The second-order valence-electron chi connectivity index (χ2n) is 3.28. The summed E-state index contributed by atoms with van der Waals surface area (Å²) in [6.07, 6.45) is 2.50. The lowest BCUT2D eigenvalue weighted by molar-refractivity contribution is -0.141. The molecule has 0 spiro atoms. The Bertz CT molecular complexity index is 354. The maximum absolute atomic E-state index is 12.5. The highest BCUT2D eigenvalue weighted by atomic mass is 19.3. The van der Waals surface area contributed by atoms with Crippen LogP contribution in [-0.2, 0) is 16.1 Å². The van der Waals surface area contributed by atoms with Crippen molar-refractivity contribution in [2.45, 2.75) is 13.1 Å². The van der Waals surface area contributed by atoms with Gasteiger partial charge >= 0.3 is 12.5 Å². The van der Waals surface area contributed by atoms with Gasteiger partial charge in [0.15, 0.2) is 0 Å². The van der Waals surface area contributed by atoms with Crippen molar-refractivity contribution in [2.24, 2.45) is 0 Å². The summed E-state index contributed by atoms with van der Waals surface area (Å²) >= 11 is 0. The van der Waals surface area contributed by atoms with Crippen LogP contribution in [0.3, 0.4) is 0 Å². The van der Waals surface area contributed by atoms with Gasteiger partial charge in [0, 0.05) is 12.4 Å². The molecule has 0 radical (unpaired) electrons. The Labute approximate surface area is 91.6 Å². The van der Waals surface area contributed by atoms with Crippen LogP contribution in [0.1, 0.15) is 12.4 Å². The lowest BCUT2D eigenvalue weighted by atomic mass is 10.5. The van der Waals surface area contributed by atoms with Crippen molar-refractivity contribution in [3.63, 3.8) is 0 Å². The van der Waals surface area contributed by atoms with E-state index in [9.17, 15) is 13.6 Å². The predicted octanol–water partition coefficient (Wildman–Crippen LogP) is 0.883. The van der Waals surface area contributed by atoms with E-state index in [1.54, 1.807) is 11.9 Å². The summed E-state index contributed by atoms with van der Waals surface area (Å²) < 4.78 is 30.1. The molecule has 1 aromatic heterocycles. The minimum atomic E-state index is -2.62. The number of methoxy groups -OCH3 is 1. The average Bonchev–Trinajstić information content (AvgIpc) is 2.65. The zero-order valence-corrected chi connectivity index (χ0v) is 9.06. The number of carbonyl (C=O) groups excluding carboxylic acids is 1. The number of hydrogen-bond acceptors (Lipinski definition) is 4. The van der Waals surface area contributed by atoms with Gasteiger partial charge in [0.25, 0.3) is 0 Å². The lowest BCUT2D eigenvalue weighted by Gasteiger charge is -2.15. The van der Waals surface area contributed by atoms with Crippen molar-refractivity contribution in [2.75, 3.05) is 20.7 Å². The Morgan fingerprint density at radius 1 is 1.69 bits per heavy atom. The number of halogens is 2. The van der Waals surface area contributed by atoms with Gasteiger partial charge in [0.1, 0.15) is 5.82 Å². The highest BCUT2D eigenvalue weighted by Crippen LogP contribution is 2.13. The highest BCUT2D eigenvalue weighted by Gasteiger charge is 2.14. The standard InChI is InChI=1S/C9H13F2N3O2/c1-13(6-8(15)16-2)5-7-12-3-4-14(7)9(10)11/h3-4,9H,5-6H2,1-2H3. The Kier molecular flexibility index (Phi) is 4.36. The number of aromatic nitrogens is 2. The zero-order chi connectivity index (χ0) is 12.1. The van der Waals surface area contributed by atoms with Crippen LogP contribution in [0.5, 0.6) is 0 Å². The van der Waals surface area contributed by atoms with Crippen LogP contribution in [0, 0.1) is 0 Å². The number of ether oxygens (including phenoxy) is 1. The third kappa shape index (κ3) is 3.27. The first kappa shape index (κ1) is 12.6. The van der Waals surface area contributed by atoms with Crippen molar-refractivity contribution in [1.29, 1.82) is 0 Å². The number of alkyl halides is 2. The van der Waals surface area contributed by atoms with E-state index >= 15 is 0 Å². The Hall–Kier alpha value is -1.50. The molecule has 0 fully saturated rings. The van der Waals surface area contributed by atoms with Gasteiger partial charge in [-0.15, -0.1) is 0 Å². The topological polar surface area (TPSA) is 47.4 Å². The lowest BCUT2D eigenvalue weighted by Crippen LogP contribution is -2.27. The molecule has 5 nitrogen and oxygen atoms in total. The molecule has 1 aromatic rings. The molecule has 1 rings (SSSR count). The molecule has 90 valence electrons. The first-order chi connectivity index (χ1) is 7.54. The molecule has 0 atom stereocenters. The molecule has 0 aliphatic carbocycles. The van der Waals surface area contributed by atoms with Crippen molar-refractivity contribution in [3.05, 3.63) is 18.2 Å². The minimum Gasteiger partial charge on any atom is -0.468 e. The molecule has 0 bridgehead atoms. The maximum atomic E-state index is 12.5. The first-order valence-corrected chi connectivity index (χ1v) is 4.59. The Morgan fingerprint density at radius 3 is 2.94 bits per heavy atom. The summed E-state index contributed by atoms with van der Waals surface area (Å²) in [6, 6.07) is 0. The van der Waals surface area contributed by atoms with Crippen molar-refractivity contribution >= 4 is 5.97 Å². The van der Waals surface area contributed by atoms with Gasteiger partial charge in [-0.3, -0.25) is 14.3 Å². The number of carbonyl (C=O) groups is 1. The van der Waals surface area contributed by atoms with Gasteiger partial charge in [-0.05, 0) is 7.05 Å². The molecule has 0 saturated carbocycles. The molecular weight excluding hydrogens is 220 g/mol. The van der Waals surface area contributed by atoms with Gasteiger partial charge < -0.3 is 4.74 Å². The van der Waals surface area contributed by atoms with E-state index in [1.807, 2.05) is 0 Å². The molecule has 7 heteroatoms. The van der Waals surface area contributed by atoms with Crippen LogP contribution in [0.2, 0.25) is 0 Å². The number of rotatable bonds is 5. The first-order valence-electron chi connectivity index (χ1n) is 4.59. The largest absolute Gasteiger partial charge is 0.468 e. The molecule has 0 amide bonds. The average molecular weight is 233 g/mol. The normalized spacial score (nSPS) is 11.1. The third-order valence-corrected chi connectivity index (χ3v) is 2.00. The second-order valence-corrected chi connectivity index (χ2v) is 3.28. The van der Waals surface area contributed by atoms with Crippen LogP contribution in [0.25, 0.3) is 0 Å². The summed E-state index contributed by atoms with van der Waals surface area (Å²) in [5, 5.41) is 0. The molecule has 16 heavy (non-hydrogen) atoms. The van der Waals surface area contributed by atoms with E-state index < -0.39 is 12.5 Å². The molecule has 0 saturated heterocycles. The van der Waals surface area contributed by atoms with Crippen molar-refractivity contribution in [3.8, 4) is 0 Å². The van der Waals surface area contributed by atoms with E-state index in [1.165, 1.54) is 19.5 Å². The van der Waals surface area contributed by atoms with Gasteiger partial charge in [-0.2, -0.15) is 8.78 Å². The molecular formula is C9H13F2N3O2. The van der Waals surface area contributed by atoms with Crippen LogP contribution >= 0.6 is 0 Å². The van der Waals surface area contributed by atoms with Gasteiger partial charge in [-0.25, -0.2) is 4.98 Å². The molecule has 0 aromatic carbocycles. The summed E-state index contributed by atoms with van der Waals surface area (Å²) in [5.74, 6) is -0.209. The minimum absolute atomic E-state index is 0.0343. The summed E-state index contributed by atoms with van der Waals surface area (Å²) in [5.41, 5.74) is 0. The third-order valence-electron chi connectivity index (χ3n) is 2.00. The van der Waals surface area contributed by atoms with Crippen LogP contribution in [0.4, 0.5) is 8.78 Å². The summed E-state index contributed by atoms with van der Waals surface area (Å²) in [6.45, 7) is -2.43. The van der Waals surface area contributed by atoms with Crippen LogP contribution in [0.15, 0.2) is 12.4 Å². The highest BCUT2D eigenvalue weighted by molar-refractivity contribution is 5.71. The Morgan fingerprint density at radius 2 is 2.38 bits per heavy atom. The fraction of sp³-hybridized carbons (Fsp3) is 0.556. The number of likely N-dealkylation sites (N-methyl/N-ethyl adjacent to an activating group) is 1. The number of nitrogens with zero attached hydrogens (tertiary/aromatic N) is 3. The van der Waals surface area contributed by atoms with E-state index in [4.69, 9.17) is 0 Å². The van der Waals surface area contributed by atoms with Crippen LogP contribution in [-0.4, -0.2) is 41.1 Å². The summed E-state index contributed by atoms with van der Waals surface area (Å²) in [4.78, 5) is 16.3. The van der Waals surface area contributed by atoms with E-state index in [2.05, 4.69) is 9.72 Å². The van der Waals surface area contributed by atoms with Gasteiger partial charge in [0.2, 0.25) is 0 Å². The second kappa shape index (κ2) is 5.55. The maximum Gasteiger partial charge on any atom is 0.319 e. The van der Waals surface area contributed by atoms with E-state index in [0.717, 1.165) is 4.57 Å². The van der Waals surface area contributed by atoms with Gasteiger partial charge in [0.05, 0.1) is 20.2 Å². The monoisotopic (exact) mass is 233 g/mol.